The summed E-state index contributed by atoms with van der Waals surface area (Å²) < 4.78 is 34.2. The quantitative estimate of drug-likeness (QED) is 0.422. The highest BCUT2D eigenvalue weighted by Gasteiger charge is 2.33. The minimum atomic E-state index is -4.10. The molecule has 202 valence electrons. The summed E-state index contributed by atoms with van der Waals surface area (Å²) in [5, 5.41) is 2.58. The topological polar surface area (TPSA) is 96.0 Å². The highest BCUT2D eigenvalue weighted by atomic mass is 32.2. The molecular weight excluding hydrogens is 502 g/mol. The molecule has 0 saturated carbocycles. The van der Waals surface area contributed by atoms with Crippen LogP contribution in [0, 0.1) is 20.8 Å². The molecule has 1 unspecified atom stereocenters. The van der Waals surface area contributed by atoms with Crippen molar-refractivity contribution in [1.29, 1.82) is 0 Å². The number of carbonyl (C=O) groups is 2. The number of methoxy groups -OCH3 is 1. The predicted octanol–water partition coefficient (Wildman–Crippen LogP) is 3.98. The van der Waals surface area contributed by atoms with Gasteiger partial charge in [-0.1, -0.05) is 42.0 Å². The Morgan fingerprint density at radius 3 is 2.11 bits per heavy atom. The Morgan fingerprint density at radius 1 is 0.921 bits per heavy atom. The zero-order chi connectivity index (χ0) is 28.0. The molecule has 9 heteroatoms. The molecule has 3 rings (SSSR count). The summed E-state index contributed by atoms with van der Waals surface area (Å²) in [4.78, 5) is 27.9. The number of rotatable bonds is 10. The van der Waals surface area contributed by atoms with Gasteiger partial charge < -0.3 is 15.0 Å². The second kappa shape index (κ2) is 12.1. The van der Waals surface area contributed by atoms with Crippen LogP contribution in [0.1, 0.15) is 29.2 Å². The number of hydrogen-bond donors (Lipinski definition) is 1. The molecule has 1 atom stereocenters. The SMILES string of the molecule is CNC(=O)C(C)N(Cc1ccc(OC)cc1)C(=O)CN(c1cc(C)ccc1C)S(=O)(=O)c1ccc(C)cc1. The van der Waals surface area contributed by atoms with Crippen molar-refractivity contribution in [2.45, 2.75) is 45.2 Å². The van der Waals surface area contributed by atoms with Crippen molar-refractivity contribution in [3.8, 4) is 5.75 Å². The maximum absolute atomic E-state index is 13.9. The molecule has 38 heavy (non-hydrogen) atoms. The van der Waals surface area contributed by atoms with Gasteiger partial charge in [0.05, 0.1) is 17.7 Å². The summed E-state index contributed by atoms with van der Waals surface area (Å²) in [5.74, 6) is -0.198. The van der Waals surface area contributed by atoms with Gasteiger partial charge in [-0.05, 0) is 74.7 Å². The largest absolute Gasteiger partial charge is 0.497 e. The monoisotopic (exact) mass is 537 g/mol. The molecule has 0 radical (unpaired) electrons. The van der Waals surface area contributed by atoms with E-state index in [1.165, 1.54) is 24.1 Å². The Labute approximate surface area is 225 Å². The summed E-state index contributed by atoms with van der Waals surface area (Å²) in [6.45, 7) is 6.81. The average molecular weight is 538 g/mol. The molecule has 0 aliphatic heterocycles. The molecule has 0 spiro atoms. The minimum absolute atomic E-state index is 0.0814. The van der Waals surface area contributed by atoms with E-state index in [-0.39, 0.29) is 17.3 Å². The highest BCUT2D eigenvalue weighted by Crippen LogP contribution is 2.29. The third-order valence-corrected chi connectivity index (χ3v) is 8.22. The first-order valence-electron chi connectivity index (χ1n) is 12.3. The van der Waals surface area contributed by atoms with E-state index in [9.17, 15) is 18.0 Å². The van der Waals surface area contributed by atoms with Gasteiger partial charge in [-0.3, -0.25) is 13.9 Å². The van der Waals surface area contributed by atoms with Gasteiger partial charge in [0.1, 0.15) is 18.3 Å². The number of likely N-dealkylation sites (N-methyl/N-ethyl adjacent to an activating group) is 1. The molecule has 0 heterocycles. The number of ether oxygens (including phenoxy) is 1. The second-order valence-corrected chi connectivity index (χ2v) is 11.1. The van der Waals surface area contributed by atoms with Gasteiger partial charge in [0.2, 0.25) is 11.8 Å². The first-order valence-corrected chi connectivity index (χ1v) is 13.7. The minimum Gasteiger partial charge on any atom is -0.497 e. The smallest absolute Gasteiger partial charge is 0.264 e. The van der Waals surface area contributed by atoms with Crippen LogP contribution in [0.25, 0.3) is 0 Å². The average Bonchev–Trinajstić information content (AvgIpc) is 2.91. The Kier molecular flexibility index (Phi) is 9.17. The lowest BCUT2D eigenvalue weighted by molar-refractivity contribution is -0.139. The van der Waals surface area contributed by atoms with Crippen LogP contribution in [-0.2, 0) is 26.2 Å². The van der Waals surface area contributed by atoms with E-state index in [2.05, 4.69) is 5.32 Å². The Hall–Kier alpha value is -3.85. The van der Waals surface area contributed by atoms with Crippen molar-refractivity contribution >= 4 is 27.5 Å². The van der Waals surface area contributed by atoms with Gasteiger partial charge >= 0.3 is 0 Å². The number of aryl methyl sites for hydroxylation is 3. The van der Waals surface area contributed by atoms with Crippen LogP contribution in [0.3, 0.4) is 0 Å². The van der Waals surface area contributed by atoms with Crippen LogP contribution in [0.5, 0.6) is 5.75 Å². The van der Waals surface area contributed by atoms with Crippen molar-refractivity contribution in [3.63, 3.8) is 0 Å². The van der Waals surface area contributed by atoms with Crippen LogP contribution < -0.4 is 14.4 Å². The summed E-state index contributed by atoms with van der Waals surface area (Å²) in [7, 11) is -1.04. The van der Waals surface area contributed by atoms with Gasteiger partial charge in [0.25, 0.3) is 10.0 Å². The molecule has 0 bridgehead atoms. The molecule has 3 aromatic rings. The maximum Gasteiger partial charge on any atom is 0.264 e. The van der Waals surface area contributed by atoms with Gasteiger partial charge in [0, 0.05) is 13.6 Å². The molecule has 0 fully saturated rings. The fraction of sp³-hybridized carbons (Fsp3) is 0.310. The number of carbonyl (C=O) groups excluding carboxylic acids is 2. The van der Waals surface area contributed by atoms with Crippen LogP contribution >= 0.6 is 0 Å². The van der Waals surface area contributed by atoms with Crippen molar-refractivity contribution in [2.24, 2.45) is 0 Å². The van der Waals surface area contributed by atoms with Crippen LogP contribution in [0.4, 0.5) is 5.69 Å². The van der Waals surface area contributed by atoms with Crippen LogP contribution in [-0.4, -0.2) is 51.9 Å². The third-order valence-electron chi connectivity index (χ3n) is 6.45. The van der Waals surface area contributed by atoms with Gasteiger partial charge in [0.15, 0.2) is 0 Å². The zero-order valence-corrected chi connectivity index (χ0v) is 23.5. The van der Waals surface area contributed by atoms with Crippen LogP contribution in [0.15, 0.2) is 71.6 Å². The third kappa shape index (κ3) is 6.52. The lowest BCUT2D eigenvalue weighted by atomic mass is 10.1. The molecular formula is C29H35N3O5S. The predicted molar refractivity (Wildman–Crippen MR) is 149 cm³/mol. The fourth-order valence-electron chi connectivity index (χ4n) is 4.06. The number of amides is 2. The molecule has 1 N–H and O–H groups in total. The lowest BCUT2D eigenvalue weighted by Gasteiger charge is -2.32. The van der Waals surface area contributed by atoms with E-state index < -0.39 is 28.5 Å². The van der Waals surface area contributed by atoms with E-state index in [0.29, 0.717) is 17.0 Å². The molecule has 3 aromatic carbocycles. The molecule has 0 aromatic heterocycles. The summed E-state index contributed by atoms with van der Waals surface area (Å²) >= 11 is 0. The number of sulfonamides is 1. The summed E-state index contributed by atoms with van der Waals surface area (Å²) in [6, 6.07) is 18.3. The van der Waals surface area contributed by atoms with Crippen molar-refractivity contribution in [1.82, 2.24) is 10.2 Å². The highest BCUT2D eigenvalue weighted by molar-refractivity contribution is 7.92. The van der Waals surface area contributed by atoms with E-state index in [1.807, 2.05) is 26.0 Å². The van der Waals surface area contributed by atoms with Crippen molar-refractivity contribution in [2.75, 3.05) is 25.0 Å². The number of nitrogens with one attached hydrogen (secondary N) is 1. The van der Waals surface area contributed by atoms with Gasteiger partial charge in [-0.25, -0.2) is 8.42 Å². The first-order chi connectivity index (χ1) is 18.0. The van der Waals surface area contributed by atoms with Gasteiger partial charge in [-0.15, -0.1) is 0 Å². The maximum atomic E-state index is 13.9. The van der Waals surface area contributed by atoms with Crippen LogP contribution in [0.2, 0.25) is 0 Å². The number of benzene rings is 3. The normalized spacial score (nSPS) is 11.9. The molecule has 8 nitrogen and oxygen atoms in total. The lowest BCUT2D eigenvalue weighted by Crippen LogP contribution is -2.50. The molecule has 0 saturated heterocycles. The Balaban J connectivity index is 2.06. The van der Waals surface area contributed by atoms with Crippen molar-refractivity contribution in [3.05, 3.63) is 89.0 Å². The number of anilines is 1. The van der Waals surface area contributed by atoms with E-state index >= 15 is 0 Å². The molecule has 2 amide bonds. The van der Waals surface area contributed by atoms with E-state index in [1.54, 1.807) is 63.4 Å². The number of hydrogen-bond acceptors (Lipinski definition) is 5. The Morgan fingerprint density at radius 2 is 1.53 bits per heavy atom. The summed E-state index contributed by atoms with van der Waals surface area (Å²) in [5.41, 5.74) is 3.67. The molecule has 0 aliphatic rings. The second-order valence-electron chi connectivity index (χ2n) is 9.27. The van der Waals surface area contributed by atoms with E-state index in [0.717, 1.165) is 21.0 Å². The Bertz CT molecular complexity index is 1390. The first kappa shape index (κ1) is 28.7. The standard InChI is InChI=1S/C29H35N3O5S/c1-20-8-15-26(16-9-20)38(35,36)32(27-17-21(2)7-10-22(27)3)19-28(33)31(23(4)29(34)30-5)18-24-11-13-25(37-6)14-12-24/h7-17,23H,18-19H2,1-6H3,(H,30,34). The number of nitrogens with zero attached hydrogens (tertiary/aromatic N) is 2. The van der Waals surface area contributed by atoms with Gasteiger partial charge in [-0.2, -0.15) is 0 Å². The fourth-order valence-corrected chi connectivity index (χ4v) is 5.53. The molecule has 0 aliphatic carbocycles. The van der Waals surface area contributed by atoms with Crippen molar-refractivity contribution < 1.29 is 22.7 Å². The zero-order valence-electron chi connectivity index (χ0n) is 22.7. The van der Waals surface area contributed by atoms with E-state index in [4.69, 9.17) is 4.74 Å². The summed E-state index contributed by atoms with van der Waals surface area (Å²) in [6.07, 6.45) is 0.